The second-order valence-corrected chi connectivity index (χ2v) is 7.90. The van der Waals surface area contributed by atoms with Crippen LogP contribution in [0.15, 0.2) is 29.3 Å². The molecule has 1 aliphatic rings. The van der Waals surface area contributed by atoms with E-state index < -0.39 is 0 Å². The summed E-state index contributed by atoms with van der Waals surface area (Å²) in [5.74, 6) is 1.56. The Hall–Kier alpha value is -1.35. The number of aliphatic imine (C=N–C) groups is 1. The lowest BCUT2D eigenvalue weighted by Gasteiger charge is -2.24. The first-order chi connectivity index (χ1) is 14.0. The zero-order chi connectivity index (χ0) is 21.1. The van der Waals surface area contributed by atoms with Gasteiger partial charge in [-0.25, -0.2) is 0 Å². The second-order valence-electron chi connectivity index (χ2n) is 7.90. The Labute approximate surface area is 199 Å². The zero-order valence-corrected chi connectivity index (χ0v) is 21.3. The number of guanidine groups is 1. The van der Waals surface area contributed by atoms with Gasteiger partial charge in [-0.2, -0.15) is 0 Å². The van der Waals surface area contributed by atoms with Gasteiger partial charge in [-0.1, -0.05) is 25.0 Å². The number of ether oxygens (including phenoxy) is 1. The number of nitrogens with zero attached hydrogens (tertiary/aromatic N) is 2. The highest BCUT2D eigenvalue weighted by molar-refractivity contribution is 14.0. The highest BCUT2D eigenvalue weighted by atomic mass is 127. The summed E-state index contributed by atoms with van der Waals surface area (Å²) in [6.45, 7) is 4.48. The van der Waals surface area contributed by atoms with Crippen LogP contribution in [0.2, 0.25) is 0 Å². The monoisotopic (exact) mass is 530 g/mol. The number of amides is 1. The van der Waals surface area contributed by atoms with Crippen molar-refractivity contribution in [3.05, 3.63) is 35.4 Å². The Bertz CT molecular complexity index is 660. The van der Waals surface area contributed by atoms with E-state index in [4.69, 9.17) is 4.74 Å². The lowest BCUT2D eigenvalue weighted by molar-refractivity contribution is 0.0169. The Kier molecular flexibility index (Phi) is 13.0. The van der Waals surface area contributed by atoms with Crippen LogP contribution in [0, 0.1) is 5.92 Å². The maximum absolute atomic E-state index is 12.1. The molecule has 30 heavy (non-hydrogen) atoms. The van der Waals surface area contributed by atoms with E-state index in [1.54, 1.807) is 26.0 Å². The second kappa shape index (κ2) is 14.6. The van der Waals surface area contributed by atoms with Crippen LogP contribution in [-0.4, -0.2) is 63.7 Å². The van der Waals surface area contributed by atoms with Gasteiger partial charge < -0.3 is 20.3 Å². The predicted octanol–water partition coefficient (Wildman–Crippen LogP) is 3.70. The standard InChI is InChI=1S/C23H38N4O2.HI/c1-5-29-21(19-10-6-7-11-19)14-16-26-23(24-2)25-15-13-18-9-8-12-20(17-18)22(28)27(3)4;/h8-9,12,17,19,21H,5-7,10-11,13-16H2,1-4H3,(H2,24,25,26);1H. The first kappa shape index (κ1) is 26.7. The van der Waals surface area contributed by atoms with Gasteiger partial charge in [0.1, 0.15) is 0 Å². The summed E-state index contributed by atoms with van der Waals surface area (Å²) in [5.41, 5.74) is 1.86. The number of carbonyl (C=O) groups excluding carboxylic acids is 1. The van der Waals surface area contributed by atoms with Gasteiger partial charge in [-0.15, -0.1) is 24.0 Å². The van der Waals surface area contributed by atoms with Gasteiger partial charge in [0.15, 0.2) is 5.96 Å². The highest BCUT2D eigenvalue weighted by Crippen LogP contribution is 2.30. The minimum Gasteiger partial charge on any atom is -0.378 e. The molecule has 1 atom stereocenters. The van der Waals surface area contributed by atoms with Crippen molar-refractivity contribution >= 4 is 35.8 Å². The van der Waals surface area contributed by atoms with E-state index in [0.717, 1.165) is 49.6 Å². The minimum atomic E-state index is 0. The van der Waals surface area contributed by atoms with Gasteiger partial charge in [0.25, 0.3) is 5.91 Å². The fourth-order valence-electron chi connectivity index (χ4n) is 4.00. The van der Waals surface area contributed by atoms with Crippen molar-refractivity contribution in [2.75, 3.05) is 40.8 Å². The van der Waals surface area contributed by atoms with Gasteiger partial charge in [-0.05, 0) is 56.2 Å². The summed E-state index contributed by atoms with van der Waals surface area (Å²) in [5, 5.41) is 6.78. The van der Waals surface area contributed by atoms with Crippen LogP contribution in [0.4, 0.5) is 0 Å². The number of rotatable bonds is 10. The third-order valence-electron chi connectivity index (χ3n) is 5.54. The summed E-state index contributed by atoms with van der Waals surface area (Å²) in [4.78, 5) is 18.0. The molecule has 1 aromatic carbocycles. The molecule has 1 saturated carbocycles. The largest absolute Gasteiger partial charge is 0.378 e. The molecule has 170 valence electrons. The van der Waals surface area contributed by atoms with Crippen molar-refractivity contribution < 1.29 is 9.53 Å². The fourth-order valence-corrected chi connectivity index (χ4v) is 4.00. The molecule has 1 aliphatic carbocycles. The lowest BCUT2D eigenvalue weighted by Crippen LogP contribution is -2.40. The first-order valence-electron chi connectivity index (χ1n) is 10.9. The van der Waals surface area contributed by atoms with E-state index in [2.05, 4.69) is 28.6 Å². The average molecular weight is 530 g/mol. The van der Waals surface area contributed by atoms with E-state index in [9.17, 15) is 4.79 Å². The first-order valence-corrected chi connectivity index (χ1v) is 10.9. The SMILES string of the molecule is CCOC(CCNC(=NC)NCCc1cccc(C(=O)N(C)C)c1)C1CCCC1.I. The Morgan fingerprint density at radius 3 is 2.57 bits per heavy atom. The third kappa shape index (κ3) is 8.79. The van der Waals surface area contributed by atoms with Crippen LogP contribution in [0.5, 0.6) is 0 Å². The lowest BCUT2D eigenvalue weighted by atomic mass is 9.98. The van der Waals surface area contributed by atoms with Crippen molar-refractivity contribution in [1.29, 1.82) is 0 Å². The quantitative estimate of drug-likeness (QED) is 0.275. The molecule has 6 nitrogen and oxygen atoms in total. The summed E-state index contributed by atoms with van der Waals surface area (Å²) in [6.07, 6.45) is 7.47. The molecule has 2 N–H and O–H groups in total. The molecule has 0 aromatic heterocycles. The minimum absolute atomic E-state index is 0. The van der Waals surface area contributed by atoms with Gasteiger partial charge in [0, 0.05) is 46.4 Å². The molecule has 1 aromatic rings. The average Bonchev–Trinajstić information content (AvgIpc) is 3.26. The molecular formula is C23H39IN4O2. The highest BCUT2D eigenvalue weighted by Gasteiger charge is 2.25. The molecule has 0 saturated heterocycles. The number of carbonyl (C=O) groups is 1. The Balaban J connectivity index is 0.00000450. The molecule has 0 heterocycles. The number of hydrogen-bond acceptors (Lipinski definition) is 3. The molecule has 1 amide bonds. The normalized spacial score (nSPS) is 15.4. The Morgan fingerprint density at radius 1 is 1.23 bits per heavy atom. The topological polar surface area (TPSA) is 66.0 Å². The van der Waals surface area contributed by atoms with Crippen molar-refractivity contribution in [1.82, 2.24) is 15.5 Å². The summed E-state index contributed by atoms with van der Waals surface area (Å²) in [7, 11) is 5.34. The van der Waals surface area contributed by atoms with E-state index in [0.29, 0.717) is 12.0 Å². The summed E-state index contributed by atoms with van der Waals surface area (Å²) in [6, 6.07) is 7.82. The van der Waals surface area contributed by atoms with Crippen molar-refractivity contribution in [2.24, 2.45) is 10.9 Å². The van der Waals surface area contributed by atoms with E-state index in [1.807, 2.05) is 18.2 Å². The molecule has 0 radical (unpaired) electrons. The zero-order valence-electron chi connectivity index (χ0n) is 18.9. The molecule has 1 unspecified atom stereocenters. The number of hydrogen-bond donors (Lipinski definition) is 2. The molecular weight excluding hydrogens is 491 g/mol. The van der Waals surface area contributed by atoms with Gasteiger partial charge in [-0.3, -0.25) is 9.79 Å². The molecule has 0 aliphatic heterocycles. The van der Waals surface area contributed by atoms with Crippen LogP contribution in [0.25, 0.3) is 0 Å². The number of benzene rings is 1. The van der Waals surface area contributed by atoms with E-state index >= 15 is 0 Å². The van der Waals surface area contributed by atoms with Gasteiger partial charge >= 0.3 is 0 Å². The van der Waals surface area contributed by atoms with Gasteiger partial charge in [0.05, 0.1) is 6.10 Å². The molecule has 7 heteroatoms. The smallest absolute Gasteiger partial charge is 0.253 e. The fraction of sp³-hybridized carbons (Fsp3) is 0.652. The molecule has 1 fully saturated rings. The maximum atomic E-state index is 12.1. The van der Waals surface area contributed by atoms with Gasteiger partial charge in [0.2, 0.25) is 0 Å². The van der Waals surface area contributed by atoms with Crippen LogP contribution in [-0.2, 0) is 11.2 Å². The van der Waals surface area contributed by atoms with Crippen LogP contribution in [0.3, 0.4) is 0 Å². The van der Waals surface area contributed by atoms with Crippen molar-refractivity contribution in [3.8, 4) is 0 Å². The third-order valence-corrected chi connectivity index (χ3v) is 5.54. The maximum Gasteiger partial charge on any atom is 0.253 e. The number of nitrogens with one attached hydrogen (secondary N) is 2. The van der Waals surface area contributed by atoms with Crippen LogP contribution < -0.4 is 10.6 Å². The van der Waals surface area contributed by atoms with E-state index in [1.165, 1.54) is 25.7 Å². The van der Waals surface area contributed by atoms with Crippen LogP contribution in [0.1, 0.15) is 54.9 Å². The number of halogens is 1. The van der Waals surface area contributed by atoms with Crippen molar-refractivity contribution in [3.63, 3.8) is 0 Å². The predicted molar refractivity (Wildman–Crippen MR) is 135 cm³/mol. The summed E-state index contributed by atoms with van der Waals surface area (Å²) < 4.78 is 6.00. The van der Waals surface area contributed by atoms with E-state index in [-0.39, 0.29) is 29.9 Å². The molecule has 0 spiro atoms. The summed E-state index contributed by atoms with van der Waals surface area (Å²) >= 11 is 0. The molecule has 0 bridgehead atoms. The molecule has 2 rings (SSSR count). The van der Waals surface area contributed by atoms with Crippen molar-refractivity contribution in [2.45, 2.75) is 51.6 Å². The van der Waals surface area contributed by atoms with Crippen LogP contribution >= 0.6 is 24.0 Å². The Morgan fingerprint density at radius 2 is 1.93 bits per heavy atom.